The molecule has 0 radical (unpaired) electrons. The van der Waals surface area contributed by atoms with Gasteiger partial charge in [-0.1, -0.05) is 42.5 Å². The molecular weight excluding hydrogens is 262 g/mol. The Kier molecular flexibility index (Phi) is 3.69. The first kappa shape index (κ1) is 13.0. The molecule has 4 nitrogen and oxygen atoms in total. The zero-order valence-corrected chi connectivity index (χ0v) is 11.2. The number of rotatable bonds is 3. The highest BCUT2D eigenvalue weighted by Crippen LogP contribution is 2.11. The Morgan fingerprint density at radius 2 is 1.67 bits per heavy atom. The standard InChI is InChI=1S/C17H13N3O/c21-17(11-10-13-6-2-1-3-7-13)20-16-12-18-14-8-4-5-9-15(14)19-16/h1-12H,(H,19,20,21). The molecule has 0 unspecified atom stereocenters. The van der Waals surface area contributed by atoms with E-state index in [0.717, 1.165) is 16.6 Å². The molecule has 0 fully saturated rings. The van der Waals surface area contributed by atoms with E-state index in [0.29, 0.717) is 5.82 Å². The second-order valence-corrected chi connectivity index (χ2v) is 4.48. The fourth-order valence-electron chi connectivity index (χ4n) is 1.92. The maximum absolute atomic E-state index is 11.9. The Bertz CT molecular complexity index is 797. The Morgan fingerprint density at radius 1 is 0.952 bits per heavy atom. The van der Waals surface area contributed by atoms with Crippen LogP contribution in [0.25, 0.3) is 17.1 Å². The van der Waals surface area contributed by atoms with Crippen molar-refractivity contribution in [2.75, 3.05) is 5.32 Å². The third kappa shape index (κ3) is 3.30. The van der Waals surface area contributed by atoms with Gasteiger partial charge in [-0.25, -0.2) is 4.98 Å². The lowest BCUT2D eigenvalue weighted by molar-refractivity contribution is -0.111. The Labute approximate surface area is 122 Å². The van der Waals surface area contributed by atoms with E-state index in [1.165, 1.54) is 6.08 Å². The van der Waals surface area contributed by atoms with Crippen LogP contribution < -0.4 is 5.32 Å². The van der Waals surface area contributed by atoms with E-state index in [4.69, 9.17) is 0 Å². The molecule has 0 aliphatic rings. The molecule has 1 amide bonds. The minimum absolute atomic E-state index is 0.233. The van der Waals surface area contributed by atoms with Gasteiger partial charge in [-0.05, 0) is 23.8 Å². The molecule has 1 aromatic heterocycles. The van der Waals surface area contributed by atoms with Crippen LogP contribution in [0.5, 0.6) is 0 Å². The third-order valence-electron chi connectivity index (χ3n) is 2.93. The summed E-state index contributed by atoms with van der Waals surface area (Å²) in [6, 6.07) is 17.2. The predicted molar refractivity (Wildman–Crippen MR) is 83.6 cm³/mol. The monoisotopic (exact) mass is 275 g/mol. The summed E-state index contributed by atoms with van der Waals surface area (Å²) in [5.41, 5.74) is 2.52. The van der Waals surface area contributed by atoms with E-state index in [1.807, 2.05) is 54.6 Å². The van der Waals surface area contributed by atoms with Crippen LogP contribution in [-0.2, 0) is 4.79 Å². The highest BCUT2D eigenvalue weighted by molar-refractivity contribution is 6.01. The molecule has 3 aromatic rings. The minimum Gasteiger partial charge on any atom is -0.306 e. The second-order valence-electron chi connectivity index (χ2n) is 4.48. The van der Waals surface area contributed by atoms with Crippen LogP contribution in [0.2, 0.25) is 0 Å². The van der Waals surface area contributed by atoms with E-state index in [1.54, 1.807) is 12.3 Å². The maximum Gasteiger partial charge on any atom is 0.249 e. The lowest BCUT2D eigenvalue weighted by atomic mass is 10.2. The molecule has 1 N–H and O–H groups in total. The van der Waals surface area contributed by atoms with Crippen LogP contribution >= 0.6 is 0 Å². The fraction of sp³-hybridized carbons (Fsp3) is 0. The van der Waals surface area contributed by atoms with Gasteiger partial charge in [0.25, 0.3) is 0 Å². The van der Waals surface area contributed by atoms with Crippen molar-refractivity contribution in [2.24, 2.45) is 0 Å². The van der Waals surface area contributed by atoms with E-state index in [-0.39, 0.29) is 5.91 Å². The van der Waals surface area contributed by atoms with Gasteiger partial charge < -0.3 is 5.32 Å². The molecule has 1 heterocycles. The average Bonchev–Trinajstić information content (AvgIpc) is 2.54. The van der Waals surface area contributed by atoms with Crippen molar-refractivity contribution in [3.8, 4) is 0 Å². The minimum atomic E-state index is -0.233. The van der Waals surface area contributed by atoms with Crippen LogP contribution in [0.1, 0.15) is 5.56 Å². The number of carbonyl (C=O) groups excluding carboxylic acids is 1. The molecule has 0 saturated carbocycles. The van der Waals surface area contributed by atoms with E-state index >= 15 is 0 Å². The number of benzene rings is 2. The van der Waals surface area contributed by atoms with Crippen LogP contribution in [0.3, 0.4) is 0 Å². The van der Waals surface area contributed by atoms with Gasteiger partial charge in [0.15, 0.2) is 5.82 Å². The average molecular weight is 275 g/mol. The number of amides is 1. The molecule has 0 spiro atoms. The number of nitrogens with one attached hydrogen (secondary N) is 1. The van der Waals surface area contributed by atoms with Crippen LogP contribution in [-0.4, -0.2) is 15.9 Å². The number of hydrogen-bond acceptors (Lipinski definition) is 3. The van der Waals surface area contributed by atoms with Crippen molar-refractivity contribution in [2.45, 2.75) is 0 Å². The third-order valence-corrected chi connectivity index (χ3v) is 2.93. The van der Waals surface area contributed by atoms with E-state index in [9.17, 15) is 4.79 Å². The first-order valence-electron chi connectivity index (χ1n) is 6.57. The zero-order valence-electron chi connectivity index (χ0n) is 11.2. The highest BCUT2D eigenvalue weighted by atomic mass is 16.1. The molecule has 0 aliphatic carbocycles. The van der Waals surface area contributed by atoms with Gasteiger partial charge in [-0.15, -0.1) is 0 Å². The van der Waals surface area contributed by atoms with Crippen molar-refractivity contribution in [1.82, 2.24) is 9.97 Å². The number of fused-ring (bicyclic) bond motifs is 1. The van der Waals surface area contributed by atoms with Gasteiger partial charge in [-0.3, -0.25) is 9.78 Å². The number of nitrogens with zero attached hydrogens (tertiary/aromatic N) is 2. The molecule has 21 heavy (non-hydrogen) atoms. The molecule has 0 atom stereocenters. The summed E-state index contributed by atoms with van der Waals surface area (Å²) in [4.78, 5) is 20.4. The van der Waals surface area contributed by atoms with Gasteiger partial charge in [0.05, 0.1) is 17.2 Å². The lowest BCUT2D eigenvalue weighted by Gasteiger charge is -2.02. The van der Waals surface area contributed by atoms with Crippen molar-refractivity contribution in [3.05, 3.63) is 72.4 Å². The van der Waals surface area contributed by atoms with Crippen LogP contribution in [0.4, 0.5) is 5.82 Å². The number of aromatic nitrogens is 2. The molecule has 2 aromatic carbocycles. The van der Waals surface area contributed by atoms with Crippen molar-refractivity contribution in [3.63, 3.8) is 0 Å². The summed E-state index contributed by atoms with van der Waals surface area (Å²) < 4.78 is 0. The van der Waals surface area contributed by atoms with E-state index < -0.39 is 0 Å². The zero-order chi connectivity index (χ0) is 14.5. The summed E-state index contributed by atoms with van der Waals surface area (Å²) in [6.07, 6.45) is 4.78. The number of hydrogen-bond donors (Lipinski definition) is 1. The largest absolute Gasteiger partial charge is 0.306 e. The summed E-state index contributed by atoms with van der Waals surface area (Å²) in [7, 11) is 0. The molecule has 0 saturated heterocycles. The summed E-state index contributed by atoms with van der Waals surface area (Å²) in [6.45, 7) is 0. The SMILES string of the molecule is O=C(C=Cc1ccccc1)Nc1cnc2ccccc2n1. The number of carbonyl (C=O) groups is 1. The predicted octanol–water partition coefficient (Wildman–Crippen LogP) is 3.28. The summed E-state index contributed by atoms with van der Waals surface area (Å²) in [5.74, 6) is 0.208. The topological polar surface area (TPSA) is 54.9 Å². The molecule has 0 aliphatic heterocycles. The van der Waals surface area contributed by atoms with Gasteiger partial charge >= 0.3 is 0 Å². The van der Waals surface area contributed by atoms with E-state index in [2.05, 4.69) is 15.3 Å². The van der Waals surface area contributed by atoms with Crippen LogP contribution in [0.15, 0.2) is 66.9 Å². The number of anilines is 1. The summed E-state index contributed by atoms with van der Waals surface area (Å²) >= 11 is 0. The van der Waals surface area contributed by atoms with Gasteiger partial charge in [0.1, 0.15) is 0 Å². The first-order chi connectivity index (χ1) is 10.3. The Hall–Kier alpha value is -3.01. The molecule has 4 heteroatoms. The lowest BCUT2D eigenvalue weighted by Crippen LogP contribution is -2.09. The van der Waals surface area contributed by atoms with Crippen molar-refractivity contribution >= 4 is 28.8 Å². The second kappa shape index (κ2) is 5.96. The van der Waals surface area contributed by atoms with Gasteiger partial charge in [-0.2, -0.15) is 0 Å². The summed E-state index contributed by atoms with van der Waals surface area (Å²) in [5, 5.41) is 2.70. The molecule has 0 bridgehead atoms. The van der Waals surface area contributed by atoms with Gasteiger partial charge in [0.2, 0.25) is 5.91 Å². The van der Waals surface area contributed by atoms with Crippen molar-refractivity contribution < 1.29 is 4.79 Å². The first-order valence-corrected chi connectivity index (χ1v) is 6.57. The van der Waals surface area contributed by atoms with Crippen molar-refractivity contribution in [1.29, 1.82) is 0 Å². The molecular formula is C17H13N3O. The molecule has 102 valence electrons. The number of para-hydroxylation sites is 2. The Morgan fingerprint density at radius 3 is 2.48 bits per heavy atom. The highest BCUT2D eigenvalue weighted by Gasteiger charge is 2.01. The van der Waals surface area contributed by atoms with Crippen LogP contribution in [0, 0.1) is 0 Å². The molecule has 3 rings (SSSR count). The quantitative estimate of drug-likeness (QED) is 0.746. The van der Waals surface area contributed by atoms with Gasteiger partial charge in [0, 0.05) is 6.08 Å². The fourth-order valence-corrected chi connectivity index (χ4v) is 1.92. The normalized spacial score (nSPS) is 10.9. The maximum atomic E-state index is 11.9. The Balaban J connectivity index is 1.73. The smallest absolute Gasteiger partial charge is 0.249 e.